The number of benzene rings is 1. The Morgan fingerprint density at radius 1 is 1.26 bits per heavy atom. The molecule has 3 heteroatoms. The minimum Gasteiger partial charge on any atom is -0.508 e. The highest BCUT2D eigenvalue weighted by molar-refractivity contribution is 5.81. The van der Waals surface area contributed by atoms with Crippen molar-refractivity contribution in [1.82, 2.24) is 4.90 Å². The molecule has 0 unspecified atom stereocenters. The predicted molar refractivity (Wildman–Crippen MR) is 90.5 cm³/mol. The second kappa shape index (κ2) is 5.94. The minimum atomic E-state index is -0.0375. The Kier molecular flexibility index (Phi) is 3.92. The number of Topliss-reactive ketones (excluding diaryl/α,β-unsaturated/α-hetero) is 1. The van der Waals surface area contributed by atoms with Crippen molar-refractivity contribution in [2.45, 2.75) is 50.4 Å². The molecule has 2 saturated carbocycles. The number of phenolic OH excluding ortho intramolecular Hbond substituents is 1. The first kappa shape index (κ1) is 15.2. The van der Waals surface area contributed by atoms with Crippen LogP contribution in [-0.4, -0.2) is 35.4 Å². The molecule has 3 nitrogen and oxygen atoms in total. The molecule has 3 aliphatic rings. The molecule has 3 fully saturated rings. The van der Waals surface area contributed by atoms with Gasteiger partial charge in [-0.15, -0.1) is 0 Å². The largest absolute Gasteiger partial charge is 0.508 e. The number of hydrogen-bond donors (Lipinski definition) is 1. The van der Waals surface area contributed by atoms with E-state index in [1.807, 2.05) is 12.1 Å². The third-order valence-electron chi connectivity index (χ3n) is 6.58. The fourth-order valence-electron chi connectivity index (χ4n) is 5.02. The maximum absolute atomic E-state index is 12.2. The van der Waals surface area contributed by atoms with E-state index in [2.05, 4.69) is 11.0 Å². The van der Waals surface area contributed by atoms with E-state index in [0.717, 1.165) is 38.3 Å². The highest BCUT2D eigenvalue weighted by Gasteiger charge is 2.48. The predicted octanol–water partition coefficient (Wildman–Crippen LogP) is 3.51. The smallest absolute Gasteiger partial charge is 0.133 e. The van der Waals surface area contributed by atoms with Gasteiger partial charge in [-0.25, -0.2) is 0 Å². The Bertz CT molecular complexity index is 595. The third kappa shape index (κ3) is 2.80. The Hall–Kier alpha value is -1.35. The standard InChI is InChI=1S/C20H27NO2/c22-18-6-2-5-16(11-18)20-9-10-21(13-15-3-1-4-15)14-17(20)7-8-19(23)12-20/h2,5-6,11,15,17,22H,1,3-4,7-10,12-14H2/t17-,20-/m1/s1. The Morgan fingerprint density at radius 3 is 2.87 bits per heavy atom. The van der Waals surface area contributed by atoms with Gasteiger partial charge in [-0.3, -0.25) is 4.79 Å². The number of piperidine rings is 1. The first-order valence-electron chi connectivity index (χ1n) is 9.19. The lowest BCUT2D eigenvalue weighted by molar-refractivity contribution is -0.125. The highest BCUT2D eigenvalue weighted by atomic mass is 16.3. The zero-order valence-electron chi connectivity index (χ0n) is 13.8. The van der Waals surface area contributed by atoms with E-state index in [9.17, 15) is 9.90 Å². The number of rotatable bonds is 3. The zero-order valence-corrected chi connectivity index (χ0v) is 13.8. The molecule has 2 aliphatic carbocycles. The van der Waals surface area contributed by atoms with Gasteiger partial charge in [-0.05, 0) is 61.8 Å². The first-order chi connectivity index (χ1) is 11.2. The average molecular weight is 313 g/mol. The van der Waals surface area contributed by atoms with Gasteiger partial charge in [0.2, 0.25) is 0 Å². The Balaban J connectivity index is 1.58. The lowest BCUT2D eigenvalue weighted by Gasteiger charge is -2.51. The number of likely N-dealkylation sites (tertiary alicyclic amines) is 1. The van der Waals surface area contributed by atoms with E-state index in [4.69, 9.17) is 0 Å². The van der Waals surface area contributed by atoms with E-state index < -0.39 is 0 Å². The quantitative estimate of drug-likeness (QED) is 0.928. The monoisotopic (exact) mass is 313 g/mol. The fraction of sp³-hybridized carbons (Fsp3) is 0.650. The molecule has 0 bridgehead atoms. The van der Waals surface area contributed by atoms with E-state index in [0.29, 0.717) is 23.9 Å². The van der Waals surface area contributed by atoms with Gasteiger partial charge in [-0.1, -0.05) is 18.6 Å². The molecule has 1 heterocycles. The molecule has 1 aromatic rings. The van der Waals surface area contributed by atoms with Crippen LogP contribution in [0.1, 0.15) is 50.5 Å². The normalized spacial score (nSPS) is 32.3. The lowest BCUT2D eigenvalue weighted by Crippen LogP contribution is -2.54. The van der Waals surface area contributed by atoms with Gasteiger partial charge in [0.25, 0.3) is 0 Å². The molecule has 0 amide bonds. The summed E-state index contributed by atoms with van der Waals surface area (Å²) in [5, 5.41) is 9.91. The number of nitrogens with zero attached hydrogens (tertiary/aromatic N) is 1. The fourth-order valence-corrected chi connectivity index (χ4v) is 5.02. The minimum absolute atomic E-state index is 0.0375. The molecular weight excluding hydrogens is 286 g/mol. The van der Waals surface area contributed by atoms with Crippen molar-refractivity contribution < 1.29 is 9.90 Å². The van der Waals surface area contributed by atoms with Gasteiger partial charge in [0.1, 0.15) is 11.5 Å². The van der Waals surface area contributed by atoms with Crippen molar-refractivity contribution in [3.05, 3.63) is 29.8 Å². The summed E-state index contributed by atoms with van der Waals surface area (Å²) >= 11 is 0. The number of hydrogen-bond acceptors (Lipinski definition) is 3. The summed E-state index contributed by atoms with van der Waals surface area (Å²) in [6.45, 7) is 3.47. The molecule has 1 N–H and O–H groups in total. The lowest BCUT2D eigenvalue weighted by atomic mass is 9.58. The molecule has 0 aromatic heterocycles. The SMILES string of the molecule is O=C1CC[C@@H]2CN(CC3CCC3)CC[C@]2(c2cccc(O)c2)C1. The van der Waals surface area contributed by atoms with Crippen molar-refractivity contribution in [3.63, 3.8) is 0 Å². The number of carbonyl (C=O) groups excluding carboxylic acids is 1. The molecule has 1 aromatic carbocycles. The molecule has 1 aliphatic heterocycles. The van der Waals surface area contributed by atoms with Crippen LogP contribution in [0.4, 0.5) is 0 Å². The summed E-state index contributed by atoms with van der Waals surface area (Å²) in [6.07, 6.45) is 7.68. The summed E-state index contributed by atoms with van der Waals surface area (Å²) < 4.78 is 0. The molecule has 0 radical (unpaired) electrons. The van der Waals surface area contributed by atoms with Crippen LogP contribution in [-0.2, 0) is 10.2 Å². The number of carbonyl (C=O) groups is 1. The highest BCUT2D eigenvalue weighted by Crippen LogP contribution is 2.48. The molecule has 4 rings (SSSR count). The molecule has 124 valence electrons. The van der Waals surface area contributed by atoms with Crippen LogP contribution >= 0.6 is 0 Å². The van der Waals surface area contributed by atoms with E-state index >= 15 is 0 Å². The van der Waals surface area contributed by atoms with Crippen molar-refractivity contribution in [3.8, 4) is 5.75 Å². The van der Waals surface area contributed by atoms with Gasteiger partial charge in [0.05, 0.1) is 0 Å². The van der Waals surface area contributed by atoms with Crippen molar-refractivity contribution in [1.29, 1.82) is 0 Å². The average Bonchev–Trinajstić information content (AvgIpc) is 2.51. The summed E-state index contributed by atoms with van der Waals surface area (Å²) in [5.74, 6) is 2.19. The van der Waals surface area contributed by atoms with E-state index in [1.54, 1.807) is 6.07 Å². The summed E-state index contributed by atoms with van der Waals surface area (Å²) in [6, 6.07) is 7.67. The van der Waals surface area contributed by atoms with Gasteiger partial charge in [0.15, 0.2) is 0 Å². The molecule has 1 saturated heterocycles. The Labute approximate surface area is 138 Å². The second-order valence-electron chi connectivity index (χ2n) is 7.96. The summed E-state index contributed by atoms with van der Waals surface area (Å²) in [5.41, 5.74) is 1.14. The molecule has 23 heavy (non-hydrogen) atoms. The molecular formula is C20H27NO2. The van der Waals surface area contributed by atoms with Gasteiger partial charge in [-0.2, -0.15) is 0 Å². The Morgan fingerprint density at radius 2 is 2.13 bits per heavy atom. The second-order valence-corrected chi connectivity index (χ2v) is 7.96. The zero-order chi connectivity index (χ0) is 15.9. The van der Waals surface area contributed by atoms with Crippen molar-refractivity contribution in [2.75, 3.05) is 19.6 Å². The maximum Gasteiger partial charge on any atom is 0.133 e. The molecule has 2 atom stereocenters. The van der Waals surface area contributed by atoms with E-state index in [1.165, 1.54) is 31.4 Å². The van der Waals surface area contributed by atoms with Crippen molar-refractivity contribution >= 4 is 5.78 Å². The van der Waals surface area contributed by atoms with E-state index in [-0.39, 0.29) is 5.41 Å². The van der Waals surface area contributed by atoms with Crippen LogP contribution in [0.3, 0.4) is 0 Å². The number of phenols is 1. The van der Waals surface area contributed by atoms with Crippen LogP contribution in [0.15, 0.2) is 24.3 Å². The number of aromatic hydroxyl groups is 1. The van der Waals surface area contributed by atoms with Crippen LogP contribution in [0.25, 0.3) is 0 Å². The summed E-state index contributed by atoms with van der Waals surface area (Å²) in [4.78, 5) is 14.9. The summed E-state index contributed by atoms with van der Waals surface area (Å²) in [7, 11) is 0. The van der Waals surface area contributed by atoms with Gasteiger partial charge >= 0.3 is 0 Å². The maximum atomic E-state index is 12.2. The third-order valence-corrected chi connectivity index (χ3v) is 6.58. The number of fused-ring (bicyclic) bond motifs is 1. The van der Waals surface area contributed by atoms with Crippen LogP contribution in [0.5, 0.6) is 5.75 Å². The number of ketones is 1. The van der Waals surface area contributed by atoms with Gasteiger partial charge < -0.3 is 10.0 Å². The van der Waals surface area contributed by atoms with Gasteiger partial charge in [0, 0.05) is 31.3 Å². The van der Waals surface area contributed by atoms with Crippen LogP contribution in [0, 0.1) is 11.8 Å². The first-order valence-corrected chi connectivity index (χ1v) is 9.19. The van der Waals surface area contributed by atoms with Crippen LogP contribution < -0.4 is 0 Å². The van der Waals surface area contributed by atoms with Crippen molar-refractivity contribution in [2.24, 2.45) is 11.8 Å². The molecule has 0 spiro atoms. The van der Waals surface area contributed by atoms with Crippen LogP contribution in [0.2, 0.25) is 0 Å². The topological polar surface area (TPSA) is 40.5 Å².